The number of alkyl halides is 3. The highest BCUT2D eigenvalue weighted by molar-refractivity contribution is 7.13. The van der Waals surface area contributed by atoms with Crippen LogP contribution in [0.15, 0.2) is 34.6 Å². The first kappa shape index (κ1) is 20.8. The standard InChI is InChI=1S/C18H18F3N5O2S/c19-18(20,21)10-23-16(22)25-17-24-11(9-29-17)5-3-4-8-26-14(27)12-6-1-2-7-13(12)15(26)28/h1-2,6-7,9H,3-5,8,10H2,(H3,22,23,24,25). The number of halogens is 3. The lowest BCUT2D eigenvalue weighted by atomic mass is 10.1. The zero-order valence-electron chi connectivity index (χ0n) is 15.2. The lowest BCUT2D eigenvalue weighted by Crippen LogP contribution is -2.30. The van der Waals surface area contributed by atoms with Crippen LogP contribution in [0.25, 0.3) is 0 Å². The van der Waals surface area contributed by atoms with Gasteiger partial charge >= 0.3 is 6.18 Å². The topological polar surface area (TPSA) is 101 Å². The second kappa shape index (κ2) is 8.60. The summed E-state index contributed by atoms with van der Waals surface area (Å²) in [7, 11) is 0. The van der Waals surface area contributed by atoms with Gasteiger partial charge in [-0.15, -0.1) is 11.3 Å². The number of guanidine groups is 1. The number of aromatic nitrogens is 1. The molecule has 0 unspecified atom stereocenters. The molecule has 154 valence electrons. The van der Waals surface area contributed by atoms with Gasteiger partial charge in [-0.3, -0.25) is 14.5 Å². The molecule has 2 heterocycles. The van der Waals surface area contributed by atoms with Crippen molar-refractivity contribution in [1.82, 2.24) is 9.88 Å². The molecular weight excluding hydrogens is 407 g/mol. The number of aryl methyl sites for hydroxylation is 1. The van der Waals surface area contributed by atoms with Gasteiger partial charge in [0.25, 0.3) is 11.8 Å². The Morgan fingerprint density at radius 3 is 2.45 bits per heavy atom. The van der Waals surface area contributed by atoms with Crippen LogP contribution in [0.3, 0.4) is 0 Å². The van der Waals surface area contributed by atoms with Crippen LogP contribution >= 0.6 is 11.3 Å². The number of amides is 2. The zero-order chi connectivity index (χ0) is 21.0. The van der Waals surface area contributed by atoms with Crippen LogP contribution in [0.2, 0.25) is 0 Å². The van der Waals surface area contributed by atoms with Crippen molar-refractivity contribution in [3.63, 3.8) is 0 Å². The molecule has 0 saturated carbocycles. The Labute approximate surface area is 168 Å². The first-order chi connectivity index (χ1) is 13.7. The van der Waals surface area contributed by atoms with Gasteiger partial charge in [-0.1, -0.05) is 12.1 Å². The maximum Gasteiger partial charge on any atom is 0.408 e. The minimum atomic E-state index is -4.42. The van der Waals surface area contributed by atoms with Crippen LogP contribution in [0.1, 0.15) is 39.3 Å². The molecule has 11 heteroatoms. The highest BCUT2D eigenvalue weighted by atomic mass is 32.1. The van der Waals surface area contributed by atoms with Gasteiger partial charge in [0.2, 0.25) is 0 Å². The van der Waals surface area contributed by atoms with Gasteiger partial charge in [-0.2, -0.15) is 13.2 Å². The largest absolute Gasteiger partial charge is 0.408 e. The molecular formula is C18H18F3N5O2S. The molecule has 7 nitrogen and oxygen atoms in total. The van der Waals surface area contributed by atoms with Crippen LogP contribution in [0.5, 0.6) is 0 Å². The number of benzene rings is 1. The number of nitrogens with two attached hydrogens (primary N) is 1. The molecule has 0 atom stereocenters. The van der Waals surface area contributed by atoms with Crippen LogP contribution in [-0.4, -0.2) is 46.9 Å². The average Bonchev–Trinajstić information content (AvgIpc) is 3.21. The van der Waals surface area contributed by atoms with Crippen molar-refractivity contribution < 1.29 is 22.8 Å². The Morgan fingerprint density at radius 1 is 1.17 bits per heavy atom. The molecule has 2 aromatic rings. The first-order valence-electron chi connectivity index (χ1n) is 8.78. The maximum atomic E-state index is 12.3. The molecule has 1 aromatic heterocycles. The number of rotatable bonds is 7. The van der Waals surface area contributed by atoms with E-state index in [-0.39, 0.29) is 17.8 Å². The lowest BCUT2D eigenvalue weighted by Gasteiger charge is -2.13. The monoisotopic (exact) mass is 425 g/mol. The third-order valence-electron chi connectivity index (χ3n) is 4.16. The van der Waals surface area contributed by atoms with Crippen molar-refractivity contribution in [2.24, 2.45) is 10.7 Å². The van der Waals surface area contributed by atoms with E-state index >= 15 is 0 Å². The number of hydrogen-bond acceptors (Lipinski definition) is 5. The molecule has 0 bridgehead atoms. The van der Waals surface area contributed by atoms with E-state index in [1.807, 2.05) is 0 Å². The first-order valence-corrected chi connectivity index (χ1v) is 9.66. The number of aliphatic imine (C=N–C) groups is 1. The molecule has 0 saturated heterocycles. The third kappa shape index (κ3) is 5.31. The lowest BCUT2D eigenvalue weighted by molar-refractivity contribution is -0.118. The van der Waals surface area contributed by atoms with Gasteiger partial charge in [0, 0.05) is 11.9 Å². The van der Waals surface area contributed by atoms with Gasteiger partial charge < -0.3 is 11.1 Å². The summed E-state index contributed by atoms with van der Waals surface area (Å²) in [6.07, 6.45) is -2.52. The Hall–Kier alpha value is -2.95. The summed E-state index contributed by atoms with van der Waals surface area (Å²) >= 11 is 1.20. The van der Waals surface area contributed by atoms with Crippen LogP contribution < -0.4 is 11.1 Å². The normalized spacial score (nSPS) is 14.4. The molecule has 0 fully saturated rings. The SMILES string of the molecule is NC(=NCC(F)(F)F)Nc1nc(CCCCN2C(=O)c3ccccc3C2=O)cs1. The Kier molecular flexibility index (Phi) is 6.16. The second-order valence-electron chi connectivity index (χ2n) is 6.35. The zero-order valence-corrected chi connectivity index (χ0v) is 16.0. The smallest absolute Gasteiger partial charge is 0.370 e. The molecule has 1 aliphatic rings. The number of fused-ring (bicyclic) bond motifs is 1. The van der Waals surface area contributed by atoms with E-state index in [9.17, 15) is 22.8 Å². The fourth-order valence-corrected chi connectivity index (χ4v) is 3.57. The predicted molar refractivity (Wildman–Crippen MR) is 103 cm³/mol. The van der Waals surface area contributed by atoms with E-state index in [1.165, 1.54) is 16.2 Å². The summed E-state index contributed by atoms with van der Waals surface area (Å²) in [6.45, 7) is -1.04. The summed E-state index contributed by atoms with van der Waals surface area (Å²) in [6, 6.07) is 6.73. The predicted octanol–water partition coefficient (Wildman–Crippen LogP) is 3.05. The molecule has 1 aromatic carbocycles. The number of nitrogens with one attached hydrogen (secondary N) is 1. The van der Waals surface area contributed by atoms with Crippen molar-refractivity contribution in [3.05, 3.63) is 46.5 Å². The number of thiazole rings is 1. The molecule has 1 aliphatic heterocycles. The molecule has 3 N–H and O–H groups in total. The molecule has 29 heavy (non-hydrogen) atoms. The van der Waals surface area contributed by atoms with Gasteiger partial charge in [-0.25, -0.2) is 9.98 Å². The molecule has 2 amide bonds. The molecule has 3 rings (SSSR count). The van der Waals surface area contributed by atoms with E-state index in [0.29, 0.717) is 42.1 Å². The summed E-state index contributed by atoms with van der Waals surface area (Å²) < 4.78 is 36.4. The summed E-state index contributed by atoms with van der Waals surface area (Å²) in [5.74, 6) is -0.910. The van der Waals surface area contributed by atoms with Crippen LogP contribution in [0.4, 0.5) is 18.3 Å². The quantitative estimate of drug-likeness (QED) is 0.307. The van der Waals surface area contributed by atoms with Crippen molar-refractivity contribution in [2.45, 2.75) is 25.4 Å². The second-order valence-corrected chi connectivity index (χ2v) is 7.21. The van der Waals surface area contributed by atoms with Gasteiger partial charge in [0.15, 0.2) is 11.1 Å². The third-order valence-corrected chi connectivity index (χ3v) is 4.96. The Morgan fingerprint density at radius 2 is 1.83 bits per heavy atom. The van der Waals surface area contributed by atoms with Crippen molar-refractivity contribution >= 4 is 34.2 Å². The van der Waals surface area contributed by atoms with E-state index in [2.05, 4.69) is 15.3 Å². The number of nitrogens with zero attached hydrogens (tertiary/aromatic N) is 3. The number of hydrogen-bond donors (Lipinski definition) is 2. The Balaban J connectivity index is 1.44. The maximum absolute atomic E-state index is 12.3. The van der Waals surface area contributed by atoms with Gasteiger partial charge in [-0.05, 0) is 31.4 Å². The van der Waals surface area contributed by atoms with E-state index in [4.69, 9.17) is 5.73 Å². The fraction of sp³-hybridized carbons (Fsp3) is 0.333. The van der Waals surface area contributed by atoms with E-state index in [0.717, 1.165) is 5.69 Å². The van der Waals surface area contributed by atoms with Gasteiger partial charge in [0.05, 0.1) is 16.8 Å². The van der Waals surface area contributed by atoms with Crippen molar-refractivity contribution in [2.75, 3.05) is 18.4 Å². The van der Waals surface area contributed by atoms with Crippen LogP contribution in [0, 0.1) is 0 Å². The number of unbranched alkanes of at least 4 members (excludes halogenated alkanes) is 1. The Bertz CT molecular complexity index is 907. The fourth-order valence-electron chi connectivity index (χ4n) is 2.82. The summed E-state index contributed by atoms with van der Waals surface area (Å²) in [5, 5.41) is 4.65. The van der Waals surface area contributed by atoms with E-state index in [1.54, 1.807) is 29.6 Å². The van der Waals surface area contributed by atoms with Gasteiger partial charge in [0.1, 0.15) is 6.54 Å². The number of anilines is 1. The summed E-state index contributed by atoms with van der Waals surface area (Å²) in [4.78, 5) is 33.3. The minimum Gasteiger partial charge on any atom is -0.370 e. The number of carbonyl (C=O) groups is 2. The average molecular weight is 425 g/mol. The molecule has 0 spiro atoms. The summed E-state index contributed by atoms with van der Waals surface area (Å²) in [5.41, 5.74) is 7.01. The highest BCUT2D eigenvalue weighted by Gasteiger charge is 2.34. The van der Waals surface area contributed by atoms with Crippen molar-refractivity contribution in [3.8, 4) is 0 Å². The van der Waals surface area contributed by atoms with E-state index < -0.39 is 12.7 Å². The minimum absolute atomic E-state index is 0.278. The molecule has 0 aliphatic carbocycles. The molecule has 0 radical (unpaired) electrons. The number of imide groups is 1. The van der Waals surface area contributed by atoms with Crippen LogP contribution in [-0.2, 0) is 6.42 Å². The number of carbonyl (C=O) groups excluding carboxylic acids is 2. The highest BCUT2D eigenvalue weighted by Crippen LogP contribution is 2.23. The van der Waals surface area contributed by atoms with Crippen molar-refractivity contribution in [1.29, 1.82) is 0 Å².